The average molecular weight is 322 g/mol. The molecular formula is C16H22N2O3S. The Morgan fingerprint density at radius 2 is 2.09 bits per heavy atom. The van der Waals surface area contributed by atoms with Crippen molar-refractivity contribution < 1.29 is 12.6 Å². The molecule has 1 N–H and O–H groups in total. The number of aromatic nitrogens is 1. The van der Waals surface area contributed by atoms with E-state index in [9.17, 15) is 8.42 Å². The number of likely N-dealkylation sites (tertiary alicyclic amines) is 1. The summed E-state index contributed by atoms with van der Waals surface area (Å²) in [4.78, 5) is 5.61. The summed E-state index contributed by atoms with van der Waals surface area (Å²) in [7, 11) is -1.36. The lowest BCUT2D eigenvalue weighted by Gasteiger charge is -2.18. The molecule has 0 bridgehead atoms. The zero-order chi connectivity index (χ0) is 15.9. The molecule has 0 unspecified atom stereocenters. The first-order valence-corrected chi connectivity index (χ1v) is 9.30. The van der Waals surface area contributed by atoms with Gasteiger partial charge >= 0.3 is 0 Å². The van der Waals surface area contributed by atoms with E-state index in [2.05, 4.69) is 28.9 Å². The third-order valence-electron chi connectivity index (χ3n) is 4.43. The molecule has 6 heteroatoms. The standard InChI is InChI=1S/C16H22N2O3S/c1-11-15(14-6-4-5-7-16(14)17-11)9-12-8-13(10-18(12)2)21-22(3,19)20/h4-7,12-13,17H,8-10H2,1-3H3/t12-,13-/m1/s1. The highest BCUT2D eigenvalue weighted by atomic mass is 32.2. The summed E-state index contributed by atoms with van der Waals surface area (Å²) in [6.45, 7) is 2.74. The van der Waals surface area contributed by atoms with Gasteiger partial charge in [-0.25, -0.2) is 0 Å². The molecule has 1 fully saturated rings. The molecule has 2 heterocycles. The van der Waals surface area contributed by atoms with Crippen LogP contribution in [0.25, 0.3) is 10.9 Å². The van der Waals surface area contributed by atoms with Gasteiger partial charge in [-0.2, -0.15) is 8.42 Å². The number of hydrogen-bond acceptors (Lipinski definition) is 4. The van der Waals surface area contributed by atoms with Crippen molar-refractivity contribution in [2.24, 2.45) is 0 Å². The largest absolute Gasteiger partial charge is 0.358 e. The van der Waals surface area contributed by atoms with Crippen molar-refractivity contribution in [1.29, 1.82) is 0 Å². The van der Waals surface area contributed by atoms with Gasteiger partial charge in [0.1, 0.15) is 0 Å². The minimum absolute atomic E-state index is 0.240. The number of rotatable bonds is 4. The van der Waals surface area contributed by atoms with E-state index in [0.29, 0.717) is 12.6 Å². The van der Waals surface area contributed by atoms with Gasteiger partial charge in [-0.05, 0) is 38.4 Å². The third kappa shape index (κ3) is 3.19. The molecule has 2 atom stereocenters. The maximum Gasteiger partial charge on any atom is 0.264 e. The van der Waals surface area contributed by atoms with Crippen molar-refractivity contribution in [3.8, 4) is 0 Å². The molecule has 120 valence electrons. The second kappa shape index (κ2) is 5.68. The summed E-state index contributed by atoms with van der Waals surface area (Å²) in [5.41, 5.74) is 3.65. The van der Waals surface area contributed by atoms with Gasteiger partial charge in [0, 0.05) is 29.2 Å². The van der Waals surface area contributed by atoms with E-state index in [1.807, 2.05) is 19.2 Å². The van der Waals surface area contributed by atoms with E-state index in [1.165, 1.54) is 16.6 Å². The van der Waals surface area contributed by atoms with Crippen LogP contribution < -0.4 is 0 Å². The Hall–Kier alpha value is -1.37. The number of H-pyrrole nitrogens is 1. The van der Waals surface area contributed by atoms with Crippen LogP contribution in [0.3, 0.4) is 0 Å². The predicted octanol–water partition coefficient (Wildman–Crippen LogP) is 2.07. The molecule has 1 aromatic heterocycles. The van der Waals surface area contributed by atoms with Gasteiger partial charge in [0.05, 0.1) is 12.4 Å². The van der Waals surface area contributed by atoms with Crippen LogP contribution in [0.2, 0.25) is 0 Å². The maximum atomic E-state index is 11.3. The number of fused-ring (bicyclic) bond motifs is 1. The first-order chi connectivity index (χ1) is 10.3. The number of likely N-dealkylation sites (N-methyl/N-ethyl adjacent to an activating group) is 1. The van der Waals surface area contributed by atoms with Crippen LogP contribution in [0.4, 0.5) is 0 Å². The monoisotopic (exact) mass is 322 g/mol. The molecule has 0 radical (unpaired) electrons. The molecule has 22 heavy (non-hydrogen) atoms. The fourth-order valence-electron chi connectivity index (χ4n) is 3.42. The Morgan fingerprint density at radius 3 is 2.82 bits per heavy atom. The highest BCUT2D eigenvalue weighted by Gasteiger charge is 2.33. The van der Waals surface area contributed by atoms with Crippen LogP contribution >= 0.6 is 0 Å². The molecule has 1 saturated heterocycles. The minimum atomic E-state index is -3.39. The Morgan fingerprint density at radius 1 is 1.36 bits per heavy atom. The van der Waals surface area contributed by atoms with Gasteiger partial charge in [0.15, 0.2) is 0 Å². The number of nitrogens with zero attached hydrogens (tertiary/aromatic N) is 1. The second-order valence-corrected chi connectivity index (χ2v) is 7.83. The Balaban J connectivity index is 1.79. The topological polar surface area (TPSA) is 62.4 Å². The van der Waals surface area contributed by atoms with Crippen LogP contribution in [0.5, 0.6) is 0 Å². The highest BCUT2D eigenvalue weighted by Crippen LogP contribution is 2.28. The number of benzene rings is 1. The minimum Gasteiger partial charge on any atom is -0.358 e. The predicted molar refractivity (Wildman–Crippen MR) is 87.5 cm³/mol. The molecule has 1 aliphatic rings. The molecule has 0 spiro atoms. The van der Waals surface area contributed by atoms with Crippen molar-refractivity contribution >= 4 is 21.0 Å². The molecule has 5 nitrogen and oxygen atoms in total. The van der Waals surface area contributed by atoms with Gasteiger partial charge in [-0.15, -0.1) is 0 Å². The molecule has 3 rings (SSSR count). The van der Waals surface area contributed by atoms with Crippen molar-refractivity contribution in [3.63, 3.8) is 0 Å². The number of para-hydroxylation sites is 1. The Kier molecular flexibility index (Phi) is 4.01. The summed E-state index contributed by atoms with van der Waals surface area (Å²) in [6, 6.07) is 8.59. The van der Waals surface area contributed by atoms with Gasteiger partial charge in [-0.3, -0.25) is 4.18 Å². The van der Waals surface area contributed by atoms with Gasteiger partial charge < -0.3 is 9.88 Å². The summed E-state index contributed by atoms with van der Waals surface area (Å²) in [6.07, 6.45) is 2.51. The van der Waals surface area contributed by atoms with E-state index in [1.54, 1.807) is 0 Å². The zero-order valence-electron chi connectivity index (χ0n) is 13.2. The number of aromatic amines is 1. The molecule has 0 saturated carbocycles. The van der Waals surface area contributed by atoms with E-state index in [0.717, 1.165) is 24.6 Å². The van der Waals surface area contributed by atoms with Gasteiger partial charge in [-0.1, -0.05) is 18.2 Å². The molecular weight excluding hydrogens is 300 g/mol. The van der Waals surface area contributed by atoms with E-state index >= 15 is 0 Å². The highest BCUT2D eigenvalue weighted by molar-refractivity contribution is 7.86. The van der Waals surface area contributed by atoms with Crippen LogP contribution in [0.15, 0.2) is 24.3 Å². The van der Waals surface area contributed by atoms with Crippen LogP contribution in [0.1, 0.15) is 17.7 Å². The van der Waals surface area contributed by atoms with Gasteiger partial charge in [0.25, 0.3) is 10.1 Å². The summed E-state index contributed by atoms with van der Waals surface area (Å²) < 4.78 is 27.8. The fourth-order valence-corrected chi connectivity index (χ4v) is 4.05. The zero-order valence-corrected chi connectivity index (χ0v) is 14.0. The first kappa shape index (κ1) is 15.5. The molecule has 0 amide bonds. The van der Waals surface area contributed by atoms with Crippen LogP contribution in [0, 0.1) is 6.92 Å². The van der Waals surface area contributed by atoms with E-state index in [4.69, 9.17) is 4.18 Å². The molecule has 1 aromatic carbocycles. The van der Waals surface area contributed by atoms with E-state index < -0.39 is 10.1 Å². The molecule has 1 aliphatic heterocycles. The average Bonchev–Trinajstić information content (AvgIpc) is 2.89. The lowest BCUT2D eigenvalue weighted by Crippen LogP contribution is -2.27. The Bertz CT molecular complexity index is 782. The van der Waals surface area contributed by atoms with Crippen molar-refractivity contribution in [1.82, 2.24) is 9.88 Å². The smallest absolute Gasteiger partial charge is 0.264 e. The summed E-state index contributed by atoms with van der Waals surface area (Å²) >= 11 is 0. The van der Waals surface area contributed by atoms with Crippen molar-refractivity contribution in [3.05, 3.63) is 35.5 Å². The third-order valence-corrected chi connectivity index (χ3v) is 5.05. The normalized spacial score (nSPS) is 23.4. The number of hydrogen-bond donors (Lipinski definition) is 1. The first-order valence-electron chi connectivity index (χ1n) is 7.48. The van der Waals surface area contributed by atoms with Crippen molar-refractivity contribution in [2.45, 2.75) is 31.9 Å². The Labute approximate surface area is 131 Å². The van der Waals surface area contributed by atoms with Crippen molar-refractivity contribution in [2.75, 3.05) is 19.8 Å². The van der Waals surface area contributed by atoms with Gasteiger partial charge in [0.2, 0.25) is 0 Å². The maximum absolute atomic E-state index is 11.3. The molecule has 2 aromatic rings. The second-order valence-electron chi connectivity index (χ2n) is 6.23. The fraction of sp³-hybridized carbons (Fsp3) is 0.500. The van der Waals surface area contributed by atoms with E-state index in [-0.39, 0.29) is 6.10 Å². The SMILES string of the molecule is Cc1[nH]c2ccccc2c1C[C@H]1C[C@@H](OS(C)(=O)=O)CN1C. The lowest BCUT2D eigenvalue weighted by atomic mass is 10.0. The summed E-state index contributed by atoms with van der Waals surface area (Å²) in [5, 5.41) is 1.25. The number of aryl methyl sites for hydroxylation is 1. The van der Waals surface area contributed by atoms with Crippen LogP contribution in [-0.4, -0.2) is 50.3 Å². The number of nitrogens with one attached hydrogen (secondary N) is 1. The summed E-state index contributed by atoms with van der Waals surface area (Å²) in [5.74, 6) is 0. The lowest BCUT2D eigenvalue weighted by molar-refractivity contribution is 0.217. The quantitative estimate of drug-likeness (QED) is 0.875. The van der Waals surface area contributed by atoms with Crippen LogP contribution in [-0.2, 0) is 20.7 Å². The molecule has 0 aliphatic carbocycles.